The zero-order chi connectivity index (χ0) is 10.7. The average Bonchev–Trinajstić information content (AvgIpc) is 2.30. The van der Waals surface area contributed by atoms with Gasteiger partial charge in [-0.2, -0.15) is 0 Å². The fourth-order valence-corrected chi connectivity index (χ4v) is 1.86. The Bertz CT molecular complexity index is 368. The van der Waals surface area contributed by atoms with Crippen LogP contribution in [0, 0.1) is 0 Å². The van der Waals surface area contributed by atoms with Crippen LogP contribution < -0.4 is 0 Å². The van der Waals surface area contributed by atoms with Crippen molar-refractivity contribution in [1.29, 1.82) is 0 Å². The number of rotatable bonds is 2. The minimum Gasteiger partial charge on any atom is -0.392 e. The lowest BCUT2D eigenvalue weighted by atomic mass is 9.97. The molecule has 3 heteroatoms. The number of aliphatic hydroxyl groups is 1. The first-order valence-corrected chi connectivity index (χ1v) is 5.34. The van der Waals surface area contributed by atoms with Gasteiger partial charge >= 0.3 is 0 Å². The molecule has 0 atom stereocenters. The fraction of sp³-hybridized carbons (Fsp3) is 0.333. The largest absolute Gasteiger partial charge is 0.392 e. The summed E-state index contributed by atoms with van der Waals surface area (Å²) >= 11 is 5.82. The normalized spacial score (nSPS) is 16.9. The standard InChI is InChI=1S/C12H13ClO2/c13-11-3-1-9(2-4-11)12-8-15-6-5-10(12)7-14/h1-4,14H,5-8H2. The van der Waals surface area contributed by atoms with Gasteiger partial charge in [-0.05, 0) is 35.3 Å². The van der Waals surface area contributed by atoms with Crippen LogP contribution in [0.5, 0.6) is 0 Å². The second-order valence-corrected chi connectivity index (χ2v) is 3.99. The molecule has 2 rings (SSSR count). The summed E-state index contributed by atoms with van der Waals surface area (Å²) < 4.78 is 5.40. The van der Waals surface area contributed by atoms with Crippen LogP contribution in [-0.4, -0.2) is 24.9 Å². The third-order valence-electron chi connectivity index (χ3n) is 2.60. The molecule has 0 bridgehead atoms. The van der Waals surface area contributed by atoms with Gasteiger partial charge in [-0.1, -0.05) is 23.7 Å². The van der Waals surface area contributed by atoms with Crippen LogP contribution in [0.3, 0.4) is 0 Å². The van der Waals surface area contributed by atoms with Crippen molar-refractivity contribution in [2.45, 2.75) is 6.42 Å². The molecule has 0 spiro atoms. The third-order valence-corrected chi connectivity index (χ3v) is 2.86. The molecule has 1 aromatic rings. The summed E-state index contributed by atoms with van der Waals surface area (Å²) in [4.78, 5) is 0. The number of hydrogen-bond donors (Lipinski definition) is 1. The van der Waals surface area contributed by atoms with Gasteiger partial charge in [-0.15, -0.1) is 0 Å². The molecule has 0 fully saturated rings. The van der Waals surface area contributed by atoms with Crippen molar-refractivity contribution in [1.82, 2.24) is 0 Å². The van der Waals surface area contributed by atoms with Crippen LogP contribution in [-0.2, 0) is 4.74 Å². The predicted molar refractivity (Wildman–Crippen MR) is 60.9 cm³/mol. The summed E-state index contributed by atoms with van der Waals surface area (Å²) in [6.07, 6.45) is 0.814. The SMILES string of the molecule is OCC1=C(c2ccc(Cl)cc2)COCC1. The van der Waals surface area contributed by atoms with Crippen molar-refractivity contribution >= 4 is 17.2 Å². The summed E-state index contributed by atoms with van der Waals surface area (Å²) in [6.45, 7) is 1.39. The highest BCUT2D eigenvalue weighted by Crippen LogP contribution is 2.25. The Labute approximate surface area is 94.1 Å². The van der Waals surface area contributed by atoms with Crippen molar-refractivity contribution < 1.29 is 9.84 Å². The van der Waals surface area contributed by atoms with Crippen molar-refractivity contribution in [2.75, 3.05) is 19.8 Å². The molecule has 0 saturated heterocycles. The smallest absolute Gasteiger partial charge is 0.0723 e. The molecule has 80 valence electrons. The highest BCUT2D eigenvalue weighted by atomic mass is 35.5. The van der Waals surface area contributed by atoms with Crippen LogP contribution in [0.4, 0.5) is 0 Å². The summed E-state index contributed by atoms with van der Waals surface area (Å²) in [5, 5.41) is 9.96. The van der Waals surface area contributed by atoms with Crippen LogP contribution in [0.2, 0.25) is 5.02 Å². The van der Waals surface area contributed by atoms with Gasteiger partial charge in [-0.25, -0.2) is 0 Å². The van der Waals surface area contributed by atoms with Crippen LogP contribution in [0.15, 0.2) is 29.8 Å². The van der Waals surface area contributed by atoms with Crippen molar-refractivity contribution in [2.24, 2.45) is 0 Å². The van der Waals surface area contributed by atoms with Gasteiger partial charge in [0.25, 0.3) is 0 Å². The van der Waals surface area contributed by atoms with Crippen molar-refractivity contribution in [3.05, 3.63) is 40.4 Å². The molecule has 2 nitrogen and oxygen atoms in total. The monoisotopic (exact) mass is 224 g/mol. The zero-order valence-electron chi connectivity index (χ0n) is 8.37. The molecule has 1 aromatic carbocycles. The Hall–Kier alpha value is -0.830. The summed E-state index contributed by atoms with van der Waals surface area (Å²) in [5.41, 5.74) is 3.26. The van der Waals surface area contributed by atoms with Crippen LogP contribution >= 0.6 is 11.6 Å². The second-order valence-electron chi connectivity index (χ2n) is 3.55. The maximum atomic E-state index is 9.24. The topological polar surface area (TPSA) is 29.5 Å². The molecule has 0 saturated carbocycles. The molecule has 1 heterocycles. The van der Waals surface area contributed by atoms with Crippen LogP contribution in [0.1, 0.15) is 12.0 Å². The van der Waals surface area contributed by atoms with Gasteiger partial charge in [0.15, 0.2) is 0 Å². The lowest BCUT2D eigenvalue weighted by molar-refractivity contribution is 0.155. The molecular formula is C12H13ClO2. The Morgan fingerprint density at radius 3 is 2.67 bits per heavy atom. The predicted octanol–water partition coefficient (Wildman–Crippen LogP) is 2.51. The Morgan fingerprint density at radius 2 is 2.00 bits per heavy atom. The van der Waals surface area contributed by atoms with E-state index in [-0.39, 0.29) is 6.61 Å². The quantitative estimate of drug-likeness (QED) is 0.837. The van der Waals surface area contributed by atoms with Gasteiger partial charge < -0.3 is 9.84 Å². The van der Waals surface area contributed by atoms with E-state index >= 15 is 0 Å². The third kappa shape index (κ3) is 2.40. The van der Waals surface area contributed by atoms with Crippen molar-refractivity contribution in [3.8, 4) is 0 Å². The molecule has 15 heavy (non-hydrogen) atoms. The highest BCUT2D eigenvalue weighted by Gasteiger charge is 2.13. The number of ether oxygens (including phenoxy) is 1. The van der Waals surface area contributed by atoms with Gasteiger partial charge in [0, 0.05) is 5.02 Å². The maximum Gasteiger partial charge on any atom is 0.0723 e. The Morgan fingerprint density at radius 1 is 1.27 bits per heavy atom. The number of halogens is 1. The summed E-state index contributed by atoms with van der Waals surface area (Å²) in [5.74, 6) is 0. The molecule has 0 aromatic heterocycles. The highest BCUT2D eigenvalue weighted by molar-refractivity contribution is 6.30. The van der Waals surface area contributed by atoms with E-state index in [1.165, 1.54) is 0 Å². The van der Waals surface area contributed by atoms with Gasteiger partial charge in [0.05, 0.1) is 19.8 Å². The Balaban J connectivity index is 2.35. The molecular weight excluding hydrogens is 212 g/mol. The van der Waals surface area contributed by atoms with E-state index in [1.54, 1.807) is 0 Å². The van der Waals surface area contributed by atoms with E-state index in [0.717, 1.165) is 28.2 Å². The number of aliphatic hydroxyl groups excluding tert-OH is 1. The second kappa shape index (κ2) is 4.79. The van der Waals surface area contributed by atoms with E-state index < -0.39 is 0 Å². The van der Waals surface area contributed by atoms with E-state index in [2.05, 4.69) is 0 Å². The zero-order valence-corrected chi connectivity index (χ0v) is 9.13. The molecule has 0 unspecified atom stereocenters. The van der Waals surface area contributed by atoms with E-state index in [0.29, 0.717) is 13.2 Å². The first kappa shape index (κ1) is 10.7. The lowest BCUT2D eigenvalue weighted by Gasteiger charge is -2.19. The molecule has 1 aliphatic heterocycles. The summed E-state index contributed by atoms with van der Waals surface area (Å²) in [6, 6.07) is 7.63. The van der Waals surface area contributed by atoms with Gasteiger partial charge in [0.1, 0.15) is 0 Å². The van der Waals surface area contributed by atoms with Crippen molar-refractivity contribution in [3.63, 3.8) is 0 Å². The van der Waals surface area contributed by atoms with E-state index in [9.17, 15) is 5.11 Å². The molecule has 0 aliphatic carbocycles. The molecule has 0 radical (unpaired) electrons. The number of hydrogen-bond acceptors (Lipinski definition) is 2. The number of benzene rings is 1. The maximum absolute atomic E-state index is 9.24. The van der Waals surface area contributed by atoms with Crippen LogP contribution in [0.25, 0.3) is 5.57 Å². The summed E-state index contributed by atoms with van der Waals surface area (Å²) in [7, 11) is 0. The van der Waals surface area contributed by atoms with E-state index in [4.69, 9.17) is 16.3 Å². The first-order chi connectivity index (χ1) is 7.31. The molecule has 1 N–H and O–H groups in total. The fourth-order valence-electron chi connectivity index (χ4n) is 1.74. The average molecular weight is 225 g/mol. The minimum absolute atomic E-state index is 0.112. The molecule has 1 aliphatic rings. The Kier molecular flexibility index (Phi) is 3.41. The first-order valence-electron chi connectivity index (χ1n) is 4.96. The van der Waals surface area contributed by atoms with E-state index in [1.807, 2.05) is 24.3 Å². The molecule has 0 amide bonds. The van der Waals surface area contributed by atoms with Gasteiger partial charge in [0.2, 0.25) is 0 Å². The van der Waals surface area contributed by atoms with Gasteiger partial charge in [-0.3, -0.25) is 0 Å². The lowest BCUT2D eigenvalue weighted by Crippen LogP contribution is -2.12. The minimum atomic E-state index is 0.112.